The van der Waals surface area contributed by atoms with Crippen LogP contribution >= 0.6 is 0 Å². The van der Waals surface area contributed by atoms with E-state index < -0.39 is 6.10 Å². The lowest BCUT2D eigenvalue weighted by atomic mass is 10.1. The summed E-state index contributed by atoms with van der Waals surface area (Å²) in [5, 5.41) is 0. The molecular weight excluding hydrogens is 252 g/mol. The van der Waals surface area contributed by atoms with E-state index in [1.807, 2.05) is 39.8 Å². The lowest BCUT2D eigenvalue weighted by Crippen LogP contribution is -2.40. The molecule has 1 amide bonds. The van der Waals surface area contributed by atoms with Crippen LogP contribution in [0, 0.1) is 13.8 Å². The van der Waals surface area contributed by atoms with Crippen LogP contribution in [0.2, 0.25) is 0 Å². The molecule has 0 heterocycles. The largest absolute Gasteiger partial charge is 0.480 e. The van der Waals surface area contributed by atoms with Gasteiger partial charge in [0.1, 0.15) is 5.75 Å². The van der Waals surface area contributed by atoms with Crippen molar-refractivity contribution in [3.8, 4) is 5.75 Å². The van der Waals surface area contributed by atoms with Crippen molar-refractivity contribution in [2.45, 2.75) is 47.3 Å². The van der Waals surface area contributed by atoms with Gasteiger partial charge in [-0.05, 0) is 51.3 Å². The minimum absolute atomic E-state index is 0.0247. The second kappa shape index (κ2) is 7.29. The molecule has 1 aromatic carbocycles. The summed E-state index contributed by atoms with van der Waals surface area (Å²) in [6.07, 6.45) is -0.476. The van der Waals surface area contributed by atoms with Gasteiger partial charge in [-0.3, -0.25) is 4.79 Å². The highest BCUT2D eigenvalue weighted by atomic mass is 16.5. The first-order chi connectivity index (χ1) is 9.44. The maximum Gasteiger partial charge on any atom is 0.263 e. The van der Waals surface area contributed by atoms with Gasteiger partial charge < -0.3 is 15.4 Å². The van der Waals surface area contributed by atoms with Crippen molar-refractivity contribution in [2.75, 3.05) is 13.1 Å². The van der Waals surface area contributed by atoms with Crippen molar-refractivity contribution in [3.63, 3.8) is 0 Å². The Labute approximate surface area is 121 Å². The minimum Gasteiger partial charge on any atom is -0.480 e. The highest BCUT2D eigenvalue weighted by Crippen LogP contribution is 2.26. The van der Waals surface area contributed by atoms with E-state index in [9.17, 15) is 4.79 Å². The number of ether oxygens (including phenoxy) is 1. The molecule has 0 aliphatic rings. The molecule has 20 heavy (non-hydrogen) atoms. The molecule has 0 fully saturated rings. The highest BCUT2D eigenvalue weighted by molar-refractivity contribution is 5.81. The number of aryl methyl sites for hydroxylation is 2. The maximum atomic E-state index is 12.2. The van der Waals surface area contributed by atoms with Crippen LogP contribution in [-0.2, 0) is 11.3 Å². The fourth-order valence-corrected chi connectivity index (χ4v) is 2.36. The summed E-state index contributed by atoms with van der Waals surface area (Å²) in [7, 11) is 0. The Bertz CT molecular complexity index is 445. The lowest BCUT2D eigenvalue weighted by molar-refractivity contribution is -0.137. The van der Waals surface area contributed by atoms with Crippen LogP contribution in [0.25, 0.3) is 0 Å². The summed E-state index contributed by atoms with van der Waals surface area (Å²) in [6.45, 7) is 11.6. The minimum atomic E-state index is -0.476. The van der Waals surface area contributed by atoms with Gasteiger partial charge in [-0.25, -0.2) is 0 Å². The molecule has 0 radical (unpaired) electrons. The molecule has 1 aromatic rings. The topological polar surface area (TPSA) is 55.6 Å². The molecule has 4 nitrogen and oxygen atoms in total. The predicted molar refractivity (Wildman–Crippen MR) is 81.8 cm³/mol. The molecule has 112 valence electrons. The van der Waals surface area contributed by atoms with Crippen molar-refractivity contribution in [3.05, 3.63) is 28.8 Å². The number of carbonyl (C=O) groups is 1. The molecular formula is C16H26N2O2. The summed E-state index contributed by atoms with van der Waals surface area (Å²) in [5.41, 5.74) is 8.78. The molecule has 2 N–H and O–H groups in total. The molecule has 0 aromatic heterocycles. The number of hydrogen-bond donors (Lipinski definition) is 1. The number of amides is 1. The molecule has 4 heteroatoms. The number of likely N-dealkylation sites (N-methyl/N-ethyl adjacent to an activating group) is 1. The van der Waals surface area contributed by atoms with Crippen LogP contribution in [0.5, 0.6) is 5.75 Å². The predicted octanol–water partition coefficient (Wildman–Crippen LogP) is 2.40. The first-order valence-electron chi connectivity index (χ1n) is 7.20. The highest BCUT2D eigenvalue weighted by Gasteiger charge is 2.21. The zero-order chi connectivity index (χ0) is 15.3. The third-order valence-corrected chi connectivity index (χ3v) is 3.47. The van der Waals surface area contributed by atoms with E-state index in [2.05, 4.69) is 0 Å². The molecule has 0 saturated carbocycles. The van der Waals surface area contributed by atoms with Crippen LogP contribution in [0.3, 0.4) is 0 Å². The van der Waals surface area contributed by atoms with Gasteiger partial charge in [0.05, 0.1) is 0 Å². The number of rotatable bonds is 6. The van der Waals surface area contributed by atoms with E-state index in [4.69, 9.17) is 10.5 Å². The second-order valence-electron chi connectivity index (χ2n) is 5.03. The fourth-order valence-electron chi connectivity index (χ4n) is 2.36. The summed E-state index contributed by atoms with van der Waals surface area (Å²) < 4.78 is 5.89. The van der Waals surface area contributed by atoms with Crippen LogP contribution in [0.4, 0.5) is 0 Å². The summed E-state index contributed by atoms with van der Waals surface area (Å²) in [5.74, 6) is 0.812. The third kappa shape index (κ3) is 3.73. The molecule has 0 bridgehead atoms. The van der Waals surface area contributed by atoms with Crippen LogP contribution in [-0.4, -0.2) is 30.0 Å². The Morgan fingerprint density at radius 1 is 1.25 bits per heavy atom. The molecule has 0 aliphatic heterocycles. The van der Waals surface area contributed by atoms with Crippen molar-refractivity contribution in [2.24, 2.45) is 5.73 Å². The van der Waals surface area contributed by atoms with Crippen molar-refractivity contribution in [1.29, 1.82) is 0 Å². The van der Waals surface area contributed by atoms with Gasteiger partial charge in [-0.2, -0.15) is 0 Å². The van der Waals surface area contributed by atoms with Gasteiger partial charge in [0.25, 0.3) is 5.91 Å². The van der Waals surface area contributed by atoms with E-state index in [0.717, 1.165) is 22.4 Å². The summed E-state index contributed by atoms with van der Waals surface area (Å²) in [6, 6.07) is 4.02. The van der Waals surface area contributed by atoms with E-state index in [-0.39, 0.29) is 5.91 Å². The Hall–Kier alpha value is -1.55. The standard InChI is InChI=1S/C16H26N2O2/c1-6-18(7-2)16(19)13(5)20-15-11(3)8-14(10-17)9-12(15)4/h8-9,13H,6-7,10,17H2,1-5H3. The lowest BCUT2D eigenvalue weighted by Gasteiger charge is -2.24. The summed E-state index contributed by atoms with van der Waals surface area (Å²) in [4.78, 5) is 14.0. The van der Waals surface area contributed by atoms with Crippen LogP contribution < -0.4 is 10.5 Å². The zero-order valence-electron chi connectivity index (χ0n) is 13.2. The van der Waals surface area contributed by atoms with Gasteiger partial charge >= 0.3 is 0 Å². The monoisotopic (exact) mass is 278 g/mol. The van der Waals surface area contributed by atoms with Gasteiger partial charge in [0, 0.05) is 19.6 Å². The van der Waals surface area contributed by atoms with Crippen LogP contribution in [0.15, 0.2) is 12.1 Å². The average Bonchev–Trinajstić information content (AvgIpc) is 2.43. The average molecular weight is 278 g/mol. The Morgan fingerprint density at radius 3 is 2.15 bits per heavy atom. The molecule has 1 rings (SSSR count). The van der Waals surface area contributed by atoms with Crippen molar-refractivity contribution in [1.82, 2.24) is 4.90 Å². The fraction of sp³-hybridized carbons (Fsp3) is 0.562. The number of benzene rings is 1. The Kier molecular flexibility index (Phi) is 6.02. The van der Waals surface area contributed by atoms with Crippen molar-refractivity contribution >= 4 is 5.91 Å². The zero-order valence-corrected chi connectivity index (χ0v) is 13.2. The smallest absolute Gasteiger partial charge is 0.263 e. The van der Waals surface area contributed by atoms with Gasteiger partial charge in [0.15, 0.2) is 6.10 Å². The maximum absolute atomic E-state index is 12.2. The Balaban J connectivity index is 2.90. The molecule has 1 atom stereocenters. The van der Waals surface area contributed by atoms with Gasteiger partial charge in [0.2, 0.25) is 0 Å². The van der Waals surface area contributed by atoms with Gasteiger partial charge in [-0.1, -0.05) is 12.1 Å². The van der Waals surface area contributed by atoms with Gasteiger partial charge in [-0.15, -0.1) is 0 Å². The second-order valence-corrected chi connectivity index (χ2v) is 5.03. The molecule has 1 unspecified atom stereocenters. The van der Waals surface area contributed by atoms with E-state index in [0.29, 0.717) is 19.6 Å². The number of hydrogen-bond acceptors (Lipinski definition) is 3. The summed E-state index contributed by atoms with van der Waals surface area (Å²) >= 11 is 0. The Morgan fingerprint density at radius 2 is 1.75 bits per heavy atom. The van der Waals surface area contributed by atoms with E-state index in [1.165, 1.54) is 0 Å². The van der Waals surface area contributed by atoms with E-state index >= 15 is 0 Å². The van der Waals surface area contributed by atoms with E-state index in [1.54, 1.807) is 11.8 Å². The first-order valence-corrected chi connectivity index (χ1v) is 7.20. The third-order valence-electron chi connectivity index (χ3n) is 3.47. The number of nitrogens with two attached hydrogens (primary N) is 1. The van der Waals surface area contributed by atoms with Crippen LogP contribution in [0.1, 0.15) is 37.5 Å². The van der Waals surface area contributed by atoms with Crippen molar-refractivity contribution < 1.29 is 9.53 Å². The quantitative estimate of drug-likeness (QED) is 0.869. The normalized spacial score (nSPS) is 12.1. The number of nitrogens with zero attached hydrogens (tertiary/aromatic N) is 1. The first kappa shape index (κ1) is 16.5. The molecule has 0 spiro atoms. The number of carbonyl (C=O) groups excluding carboxylic acids is 1. The SMILES string of the molecule is CCN(CC)C(=O)C(C)Oc1c(C)cc(CN)cc1C. The molecule has 0 saturated heterocycles. The molecule has 0 aliphatic carbocycles.